The van der Waals surface area contributed by atoms with E-state index >= 15 is 0 Å². The number of rotatable bonds is 5. The number of nitrogens with zero attached hydrogens (tertiary/aromatic N) is 4. The first-order valence-electron chi connectivity index (χ1n) is 9.01. The number of hydrogen-bond donors (Lipinski definition) is 0. The van der Waals surface area contributed by atoms with E-state index in [4.69, 9.17) is 4.74 Å². The Morgan fingerprint density at radius 2 is 2.00 bits per heavy atom. The van der Waals surface area contributed by atoms with Crippen molar-refractivity contribution >= 4 is 17.7 Å². The average Bonchev–Trinajstić information content (AvgIpc) is 3.22. The van der Waals surface area contributed by atoms with Crippen molar-refractivity contribution in [1.29, 1.82) is 0 Å². The van der Waals surface area contributed by atoms with Crippen LogP contribution in [0.3, 0.4) is 0 Å². The smallest absolute Gasteiger partial charge is 0.226 e. The lowest BCUT2D eigenvalue weighted by Crippen LogP contribution is -2.38. The first-order valence-corrected chi connectivity index (χ1v) is 9.99. The van der Waals surface area contributed by atoms with Gasteiger partial charge in [-0.05, 0) is 44.3 Å². The number of ether oxygens (including phenoxy) is 1. The van der Waals surface area contributed by atoms with Crippen LogP contribution >= 0.6 is 11.8 Å². The van der Waals surface area contributed by atoms with Gasteiger partial charge < -0.3 is 14.2 Å². The predicted octanol–water partition coefficient (Wildman–Crippen LogP) is 2.80. The maximum atomic E-state index is 13.0. The van der Waals surface area contributed by atoms with Crippen molar-refractivity contribution in [3.63, 3.8) is 0 Å². The molecule has 1 atom stereocenters. The van der Waals surface area contributed by atoms with E-state index in [0.717, 1.165) is 61.8 Å². The molecule has 0 unspecified atom stereocenters. The second kappa shape index (κ2) is 7.87. The van der Waals surface area contributed by atoms with Gasteiger partial charge in [0.2, 0.25) is 5.91 Å². The molecule has 2 aliphatic rings. The summed E-state index contributed by atoms with van der Waals surface area (Å²) in [7, 11) is 3.78. The molecule has 1 aliphatic carbocycles. The van der Waals surface area contributed by atoms with E-state index in [-0.39, 0.29) is 12.0 Å². The number of thioether (sulfide) groups is 1. The molecule has 6 nitrogen and oxygen atoms in total. The third kappa shape index (κ3) is 3.47. The van der Waals surface area contributed by atoms with Gasteiger partial charge in [0.1, 0.15) is 0 Å². The average molecular weight is 353 g/mol. The zero-order valence-corrected chi connectivity index (χ0v) is 15.7. The van der Waals surface area contributed by atoms with E-state index in [2.05, 4.69) is 26.6 Å². The Morgan fingerprint density at radius 1 is 1.25 bits per heavy atom. The van der Waals surface area contributed by atoms with Gasteiger partial charge in [0.05, 0.1) is 12.1 Å². The standard InChI is InChI=1S/C17H28N4O2S/c1-4-24-17-19-18-15(20(17)2)14-6-5-11-21(14)16(22)12-7-9-13(23-3)10-8-12/h12-14H,4-11H2,1-3H3/t12?,13?,14-/m0/s1. The molecule has 1 saturated heterocycles. The molecule has 0 N–H and O–H groups in total. The molecular weight excluding hydrogens is 324 g/mol. The Morgan fingerprint density at radius 3 is 2.67 bits per heavy atom. The number of likely N-dealkylation sites (tertiary alicyclic amines) is 1. The zero-order valence-electron chi connectivity index (χ0n) is 14.9. The Bertz CT molecular complexity index is 569. The Kier molecular flexibility index (Phi) is 5.81. The highest BCUT2D eigenvalue weighted by Crippen LogP contribution is 2.36. The van der Waals surface area contributed by atoms with Gasteiger partial charge in [-0.15, -0.1) is 10.2 Å². The summed E-state index contributed by atoms with van der Waals surface area (Å²) in [5.41, 5.74) is 0. The van der Waals surface area contributed by atoms with Gasteiger partial charge in [0.15, 0.2) is 11.0 Å². The summed E-state index contributed by atoms with van der Waals surface area (Å²) < 4.78 is 7.49. The molecule has 0 aromatic carbocycles. The maximum absolute atomic E-state index is 13.0. The van der Waals surface area contributed by atoms with Crippen LogP contribution in [-0.4, -0.2) is 51.1 Å². The Labute approximate surface area is 148 Å². The third-order valence-corrected chi connectivity index (χ3v) is 6.24. The van der Waals surface area contributed by atoms with E-state index in [0.29, 0.717) is 12.0 Å². The molecule has 2 heterocycles. The quantitative estimate of drug-likeness (QED) is 0.763. The van der Waals surface area contributed by atoms with Crippen molar-refractivity contribution in [2.24, 2.45) is 13.0 Å². The summed E-state index contributed by atoms with van der Waals surface area (Å²) in [6.07, 6.45) is 6.23. The van der Waals surface area contributed by atoms with Crippen molar-refractivity contribution in [3.05, 3.63) is 5.82 Å². The summed E-state index contributed by atoms with van der Waals surface area (Å²) in [4.78, 5) is 15.1. The van der Waals surface area contributed by atoms with E-state index < -0.39 is 0 Å². The van der Waals surface area contributed by atoms with Gasteiger partial charge in [0.25, 0.3) is 0 Å². The monoisotopic (exact) mass is 352 g/mol. The van der Waals surface area contributed by atoms with Crippen molar-refractivity contribution in [1.82, 2.24) is 19.7 Å². The molecule has 0 radical (unpaired) electrons. The van der Waals surface area contributed by atoms with Gasteiger partial charge >= 0.3 is 0 Å². The van der Waals surface area contributed by atoms with E-state index in [1.165, 1.54) is 0 Å². The van der Waals surface area contributed by atoms with Gasteiger partial charge in [-0.2, -0.15) is 0 Å². The van der Waals surface area contributed by atoms with Crippen molar-refractivity contribution in [2.45, 2.75) is 62.8 Å². The molecule has 1 amide bonds. The summed E-state index contributed by atoms with van der Waals surface area (Å²) in [5, 5.41) is 9.63. The van der Waals surface area contributed by atoms with E-state index in [1.54, 1.807) is 18.9 Å². The fraction of sp³-hybridized carbons (Fsp3) is 0.824. The number of hydrogen-bond acceptors (Lipinski definition) is 5. The molecule has 134 valence electrons. The molecule has 0 bridgehead atoms. The topological polar surface area (TPSA) is 60.3 Å². The second-order valence-corrected chi connectivity index (χ2v) is 7.96. The van der Waals surface area contributed by atoms with Crippen LogP contribution in [0.1, 0.15) is 57.3 Å². The first-order chi connectivity index (χ1) is 11.7. The molecule has 1 aromatic heterocycles. The highest BCUT2D eigenvalue weighted by atomic mass is 32.2. The molecule has 2 fully saturated rings. The lowest BCUT2D eigenvalue weighted by molar-refractivity contribution is -0.138. The van der Waals surface area contributed by atoms with E-state index in [9.17, 15) is 4.79 Å². The number of carbonyl (C=O) groups is 1. The molecule has 1 saturated carbocycles. The van der Waals surface area contributed by atoms with Crippen LogP contribution in [0.4, 0.5) is 0 Å². The Hall–Kier alpha value is -1.08. The normalized spacial score (nSPS) is 27.6. The van der Waals surface area contributed by atoms with Crippen LogP contribution in [-0.2, 0) is 16.6 Å². The van der Waals surface area contributed by atoms with Crippen LogP contribution in [0.15, 0.2) is 5.16 Å². The summed E-state index contributed by atoms with van der Waals surface area (Å²) in [5.74, 6) is 2.36. The van der Waals surface area contributed by atoms with Gasteiger partial charge in [-0.25, -0.2) is 0 Å². The summed E-state index contributed by atoms with van der Waals surface area (Å²) in [6, 6.07) is 0.0846. The predicted molar refractivity (Wildman–Crippen MR) is 93.8 cm³/mol. The molecule has 1 aromatic rings. The minimum atomic E-state index is 0.0846. The van der Waals surface area contributed by atoms with Crippen LogP contribution in [0, 0.1) is 5.92 Å². The van der Waals surface area contributed by atoms with Crippen LogP contribution in [0.25, 0.3) is 0 Å². The first kappa shape index (κ1) is 17.7. The molecule has 0 spiro atoms. The SMILES string of the molecule is CCSc1nnc([C@@H]2CCCN2C(=O)C2CCC(OC)CC2)n1C. The van der Waals surface area contributed by atoms with Crippen LogP contribution in [0.5, 0.6) is 0 Å². The number of methoxy groups -OCH3 is 1. The van der Waals surface area contributed by atoms with E-state index in [1.807, 2.05) is 7.05 Å². The highest BCUT2D eigenvalue weighted by molar-refractivity contribution is 7.99. The minimum Gasteiger partial charge on any atom is -0.381 e. The lowest BCUT2D eigenvalue weighted by atomic mass is 9.86. The largest absolute Gasteiger partial charge is 0.381 e. The van der Waals surface area contributed by atoms with Crippen molar-refractivity contribution in [2.75, 3.05) is 19.4 Å². The lowest BCUT2D eigenvalue weighted by Gasteiger charge is -2.32. The molecular formula is C17H28N4O2S. The summed E-state index contributed by atoms with van der Waals surface area (Å²) in [6.45, 7) is 2.96. The molecule has 24 heavy (non-hydrogen) atoms. The summed E-state index contributed by atoms with van der Waals surface area (Å²) >= 11 is 1.69. The van der Waals surface area contributed by atoms with Crippen LogP contribution in [0.2, 0.25) is 0 Å². The molecule has 3 rings (SSSR count). The van der Waals surface area contributed by atoms with Gasteiger partial charge in [-0.3, -0.25) is 4.79 Å². The molecule has 1 aliphatic heterocycles. The number of carbonyl (C=O) groups excluding carboxylic acids is 1. The second-order valence-electron chi connectivity index (χ2n) is 6.73. The van der Waals surface area contributed by atoms with Crippen molar-refractivity contribution in [3.8, 4) is 0 Å². The Balaban J connectivity index is 1.70. The number of aromatic nitrogens is 3. The minimum absolute atomic E-state index is 0.0846. The zero-order chi connectivity index (χ0) is 17.1. The van der Waals surface area contributed by atoms with Gasteiger partial charge in [-0.1, -0.05) is 18.7 Å². The third-order valence-electron chi connectivity index (χ3n) is 5.33. The molecule has 7 heteroatoms. The van der Waals surface area contributed by atoms with Crippen molar-refractivity contribution < 1.29 is 9.53 Å². The fourth-order valence-electron chi connectivity index (χ4n) is 3.95. The fourth-order valence-corrected chi connectivity index (χ4v) is 4.59. The van der Waals surface area contributed by atoms with Crippen LogP contribution < -0.4 is 0 Å². The van der Waals surface area contributed by atoms with Gasteiger partial charge in [0, 0.05) is 26.6 Å². The maximum Gasteiger partial charge on any atom is 0.226 e. The number of amides is 1. The highest BCUT2D eigenvalue weighted by Gasteiger charge is 2.37.